The minimum absolute atomic E-state index is 0.170. The number of ether oxygens (including phenoxy) is 3. The van der Waals surface area contributed by atoms with Gasteiger partial charge in [-0.2, -0.15) is 0 Å². The second-order valence-electron chi connectivity index (χ2n) is 7.76. The first-order valence-electron chi connectivity index (χ1n) is 10.2. The van der Waals surface area contributed by atoms with Gasteiger partial charge in [0.05, 0.1) is 19.3 Å². The van der Waals surface area contributed by atoms with Crippen molar-refractivity contribution in [1.82, 2.24) is 0 Å². The fourth-order valence-corrected chi connectivity index (χ4v) is 3.76. The second-order valence-corrected chi connectivity index (χ2v) is 7.76. The van der Waals surface area contributed by atoms with Gasteiger partial charge in [0.2, 0.25) is 23.2 Å². The summed E-state index contributed by atoms with van der Waals surface area (Å²) in [5, 5.41) is 80.0. The van der Waals surface area contributed by atoms with Gasteiger partial charge in [0, 0.05) is 12.1 Å². The van der Waals surface area contributed by atoms with Gasteiger partial charge in [-0.05, 0) is 12.1 Å². The quantitative estimate of drug-likeness (QED) is 0.224. The van der Waals surface area contributed by atoms with E-state index < -0.39 is 82.6 Å². The molecule has 3 aromatic rings. The Kier molecular flexibility index (Phi) is 6.36. The zero-order chi connectivity index (χ0) is 25.6. The number of rotatable bonds is 5. The first-order valence-corrected chi connectivity index (χ1v) is 10.2. The first kappa shape index (κ1) is 24.4. The maximum atomic E-state index is 13.5. The predicted molar refractivity (Wildman–Crippen MR) is 116 cm³/mol. The van der Waals surface area contributed by atoms with Crippen molar-refractivity contribution in [2.75, 3.05) is 13.7 Å². The molecule has 0 unspecified atom stereocenters. The number of hydrogen-bond donors (Lipinski definition) is 8. The van der Waals surface area contributed by atoms with E-state index in [1.54, 1.807) is 0 Å². The van der Waals surface area contributed by atoms with Gasteiger partial charge in [-0.1, -0.05) is 0 Å². The van der Waals surface area contributed by atoms with Gasteiger partial charge in [0.1, 0.15) is 46.9 Å². The Bertz CT molecular complexity index is 1320. The largest absolute Gasteiger partial charge is 0.508 e. The van der Waals surface area contributed by atoms with Crippen LogP contribution in [-0.2, 0) is 4.74 Å². The van der Waals surface area contributed by atoms with E-state index in [1.165, 1.54) is 12.1 Å². The molecule has 1 fully saturated rings. The van der Waals surface area contributed by atoms with E-state index in [9.17, 15) is 45.6 Å². The van der Waals surface area contributed by atoms with Crippen LogP contribution >= 0.6 is 0 Å². The van der Waals surface area contributed by atoms with Crippen LogP contribution in [-0.4, -0.2) is 85.3 Å². The highest BCUT2D eigenvalue weighted by Crippen LogP contribution is 2.45. The third-order valence-corrected chi connectivity index (χ3v) is 5.56. The van der Waals surface area contributed by atoms with Crippen molar-refractivity contribution in [3.05, 3.63) is 34.5 Å². The normalized spacial score (nSPS) is 24.4. The number of aromatic hydroxyl groups is 4. The Morgan fingerprint density at radius 2 is 1.66 bits per heavy atom. The molecule has 1 aliphatic rings. The number of aliphatic hydroxyl groups excluding tert-OH is 4. The van der Waals surface area contributed by atoms with Crippen LogP contribution in [0.3, 0.4) is 0 Å². The minimum atomic E-state index is -1.90. The second kappa shape index (κ2) is 9.13. The van der Waals surface area contributed by atoms with Crippen LogP contribution in [0.25, 0.3) is 22.3 Å². The van der Waals surface area contributed by atoms with Crippen LogP contribution in [0.1, 0.15) is 0 Å². The average molecular weight is 494 g/mol. The monoisotopic (exact) mass is 494 g/mol. The van der Waals surface area contributed by atoms with E-state index in [2.05, 4.69) is 0 Å². The number of phenolic OH excluding ortho intramolecular Hbond substituents is 4. The van der Waals surface area contributed by atoms with Crippen molar-refractivity contribution in [3.63, 3.8) is 0 Å². The molecule has 1 saturated heterocycles. The molecule has 2 aromatic carbocycles. The summed E-state index contributed by atoms with van der Waals surface area (Å²) in [6.45, 7) is -0.764. The molecule has 1 aromatic heterocycles. The molecule has 8 N–H and O–H groups in total. The number of benzene rings is 2. The third kappa shape index (κ3) is 4.05. The van der Waals surface area contributed by atoms with E-state index in [0.29, 0.717) is 0 Å². The molecule has 4 rings (SSSR count). The molecule has 0 saturated carbocycles. The average Bonchev–Trinajstić information content (AvgIpc) is 2.81. The van der Waals surface area contributed by atoms with Crippen molar-refractivity contribution in [1.29, 1.82) is 0 Å². The van der Waals surface area contributed by atoms with Crippen molar-refractivity contribution in [2.45, 2.75) is 30.7 Å². The lowest BCUT2D eigenvalue weighted by Gasteiger charge is -2.39. The smallest absolute Gasteiger partial charge is 0.239 e. The lowest BCUT2D eigenvalue weighted by atomic mass is 9.99. The summed E-state index contributed by atoms with van der Waals surface area (Å²) in [5.41, 5.74) is -1.56. The molecule has 0 amide bonds. The van der Waals surface area contributed by atoms with Gasteiger partial charge in [-0.25, -0.2) is 0 Å². The van der Waals surface area contributed by atoms with Crippen molar-refractivity contribution < 1.29 is 59.5 Å². The number of hydrogen-bond acceptors (Lipinski definition) is 13. The predicted octanol–water partition coefficient (Wildman–Crippen LogP) is -0.530. The number of aliphatic hydroxyl groups is 4. The molecule has 2 heterocycles. The molecule has 13 nitrogen and oxygen atoms in total. The number of fused-ring (bicyclic) bond motifs is 1. The van der Waals surface area contributed by atoms with E-state index in [-0.39, 0.29) is 16.9 Å². The molecule has 0 spiro atoms. The molecule has 0 aliphatic carbocycles. The minimum Gasteiger partial charge on any atom is -0.508 e. The van der Waals surface area contributed by atoms with Crippen LogP contribution < -0.4 is 14.9 Å². The highest BCUT2D eigenvalue weighted by molar-refractivity contribution is 5.91. The number of phenols is 4. The van der Waals surface area contributed by atoms with E-state index in [4.69, 9.17) is 18.6 Å². The summed E-state index contributed by atoms with van der Waals surface area (Å²) in [5.74, 6) is -3.84. The Morgan fingerprint density at radius 3 is 2.29 bits per heavy atom. The van der Waals surface area contributed by atoms with Crippen LogP contribution in [0.4, 0.5) is 0 Å². The summed E-state index contributed by atoms with van der Waals surface area (Å²) in [7, 11) is 1.14. The summed E-state index contributed by atoms with van der Waals surface area (Å²) < 4.78 is 21.4. The molecule has 0 radical (unpaired) electrons. The van der Waals surface area contributed by atoms with Gasteiger partial charge in [-0.3, -0.25) is 4.79 Å². The van der Waals surface area contributed by atoms with Gasteiger partial charge in [-0.15, -0.1) is 0 Å². The zero-order valence-electron chi connectivity index (χ0n) is 18.0. The SMILES string of the molecule is COc1c(O)cc2oc(-c3ccc(O)cc3O)c(O[C@H]3O[C@H](CO)[C@@H](O)[C@H](O)[C@H]3O)c(=O)c2c1O. The van der Waals surface area contributed by atoms with Gasteiger partial charge >= 0.3 is 0 Å². The summed E-state index contributed by atoms with van der Waals surface area (Å²) >= 11 is 0. The molecular formula is C22H22O13. The summed E-state index contributed by atoms with van der Waals surface area (Å²) in [4.78, 5) is 13.5. The lowest BCUT2D eigenvalue weighted by Crippen LogP contribution is -2.60. The Balaban J connectivity index is 1.96. The van der Waals surface area contributed by atoms with E-state index in [0.717, 1.165) is 19.2 Å². The summed E-state index contributed by atoms with van der Waals surface area (Å²) in [6.07, 6.45) is -8.59. The first-order chi connectivity index (χ1) is 16.6. The molecule has 1 aliphatic heterocycles. The standard InChI is InChI=1S/C22H22O13/c1-32-20-10(26)5-11-13(15(20)28)16(29)21(19(33-11)8-3-2-7(24)4-9(8)25)35-22-18(31)17(30)14(27)12(6-23)34-22/h2-5,12,14,17-18,22-28,30-31H,6H2,1H3/t12-,14-,17+,18-,22-/m1/s1. The zero-order valence-corrected chi connectivity index (χ0v) is 18.0. The molecule has 35 heavy (non-hydrogen) atoms. The molecule has 188 valence electrons. The third-order valence-electron chi connectivity index (χ3n) is 5.56. The maximum absolute atomic E-state index is 13.5. The molecule has 0 bridgehead atoms. The fraction of sp³-hybridized carbons (Fsp3) is 0.318. The van der Waals surface area contributed by atoms with Crippen molar-refractivity contribution in [3.8, 4) is 45.8 Å². The Morgan fingerprint density at radius 1 is 0.943 bits per heavy atom. The maximum Gasteiger partial charge on any atom is 0.239 e. The van der Waals surface area contributed by atoms with Gasteiger partial charge in [0.25, 0.3) is 0 Å². The molecular weight excluding hydrogens is 472 g/mol. The molecule has 5 atom stereocenters. The number of methoxy groups -OCH3 is 1. The van der Waals surface area contributed by atoms with Crippen molar-refractivity contribution in [2.24, 2.45) is 0 Å². The highest BCUT2D eigenvalue weighted by atomic mass is 16.7. The Labute approximate surface area is 195 Å². The fourth-order valence-electron chi connectivity index (χ4n) is 3.76. The van der Waals surface area contributed by atoms with Gasteiger partial charge in [0.15, 0.2) is 17.3 Å². The van der Waals surface area contributed by atoms with Crippen LogP contribution in [0.2, 0.25) is 0 Å². The van der Waals surface area contributed by atoms with Gasteiger partial charge < -0.3 is 59.5 Å². The topological polar surface area (TPSA) is 220 Å². The molecule has 13 heteroatoms. The van der Waals surface area contributed by atoms with E-state index >= 15 is 0 Å². The van der Waals surface area contributed by atoms with E-state index in [1.807, 2.05) is 0 Å². The van der Waals surface area contributed by atoms with Crippen LogP contribution in [0.15, 0.2) is 33.5 Å². The van der Waals surface area contributed by atoms with Crippen LogP contribution in [0.5, 0.6) is 34.5 Å². The van der Waals surface area contributed by atoms with Crippen molar-refractivity contribution >= 4 is 11.0 Å². The van der Waals surface area contributed by atoms with Crippen LogP contribution in [0, 0.1) is 0 Å². The summed E-state index contributed by atoms with van der Waals surface area (Å²) in [6, 6.07) is 4.27. The lowest BCUT2D eigenvalue weighted by molar-refractivity contribution is -0.277. The highest BCUT2D eigenvalue weighted by Gasteiger charge is 2.45. The Hall–Kier alpha value is -3.75.